The fraction of sp³-hybridized carbons (Fsp3) is 1.00. The van der Waals surface area contributed by atoms with Crippen LogP contribution in [0.15, 0.2) is 0 Å². The Morgan fingerprint density at radius 2 is 1.00 bits per heavy atom. The number of nitrogens with zero attached hydrogens (tertiary/aromatic N) is 1. The van der Waals surface area contributed by atoms with Crippen LogP contribution < -0.4 is 0 Å². The molecule has 3 unspecified atom stereocenters. The maximum Gasteiger partial charge on any atom is 0.108 e. The first-order valence-corrected chi connectivity index (χ1v) is 3.28. The maximum atomic E-state index is 8.96. The topological polar surface area (TPSA) is 63.9 Å². The number of hydrogen-bond donors (Lipinski definition) is 3. The standard InChI is InChI=1S/C6H15NO3.CH4/c1-4(8)7(5(2)9)6(3)10;/h4-6,8-10H,1-3H3;1H4. The Morgan fingerprint density at radius 1 is 0.818 bits per heavy atom. The molecule has 0 fully saturated rings. The Hall–Kier alpha value is -0.160. The lowest BCUT2D eigenvalue weighted by Crippen LogP contribution is -2.45. The monoisotopic (exact) mass is 165 g/mol. The summed E-state index contributed by atoms with van der Waals surface area (Å²) in [6.45, 7) is 4.46. The van der Waals surface area contributed by atoms with Crippen LogP contribution in [0.2, 0.25) is 0 Å². The Kier molecular flexibility index (Phi) is 6.70. The molecule has 0 aromatic heterocycles. The molecule has 3 atom stereocenters. The Balaban J connectivity index is 0. The average molecular weight is 165 g/mol. The van der Waals surface area contributed by atoms with Crippen LogP contribution in [0, 0.1) is 0 Å². The van der Waals surface area contributed by atoms with E-state index in [1.54, 1.807) is 0 Å². The molecular weight excluding hydrogens is 146 g/mol. The second kappa shape index (κ2) is 5.49. The number of aliphatic hydroxyl groups excluding tert-OH is 3. The predicted molar refractivity (Wildman–Crippen MR) is 43.6 cm³/mol. The minimum Gasteiger partial charge on any atom is -0.379 e. The van der Waals surface area contributed by atoms with Gasteiger partial charge in [-0.15, -0.1) is 0 Å². The van der Waals surface area contributed by atoms with E-state index in [0.29, 0.717) is 0 Å². The normalized spacial score (nSPS) is 18.8. The first-order chi connectivity index (χ1) is 4.46. The SMILES string of the molecule is C.CC(O)N(C(C)O)C(C)O. The van der Waals surface area contributed by atoms with Crippen molar-refractivity contribution in [3.63, 3.8) is 0 Å². The van der Waals surface area contributed by atoms with Crippen LogP contribution in [0.5, 0.6) is 0 Å². The molecule has 0 amide bonds. The molecule has 11 heavy (non-hydrogen) atoms. The van der Waals surface area contributed by atoms with Crippen molar-refractivity contribution in [1.29, 1.82) is 0 Å². The summed E-state index contributed by atoms with van der Waals surface area (Å²) in [4.78, 5) is 1.17. The van der Waals surface area contributed by atoms with Crippen LogP contribution in [0.25, 0.3) is 0 Å². The van der Waals surface area contributed by atoms with E-state index in [4.69, 9.17) is 15.3 Å². The quantitative estimate of drug-likeness (QED) is 0.513. The molecule has 0 heterocycles. The van der Waals surface area contributed by atoms with Gasteiger partial charge in [0.15, 0.2) is 0 Å². The van der Waals surface area contributed by atoms with Gasteiger partial charge in [0.05, 0.1) is 0 Å². The molecule has 4 nitrogen and oxygen atoms in total. The van der Waals surface area contributed by atoms with E-state index < -0.39 is 18.7 Å². The first kappa shape index (κ1) is 13.4. The Labute approximate surface area is 68.1 Å². The smallest absolute Gasteiger partial charge is 0.108 e. The van der Waals surface area contributed by atoms with Crippen molar-refractivity contribution in [3.8, 4) is 0 Å². The van der Waals surface area contributed by atoms with Crippen molar-refractivity contribution in [3.05, 3.63) is 0 Å². The van der Waals surface area contributed by atoms with Crippen molar-refractivity contribution < 1.29 is 15.3 Å². The summed E-state index contributed by atoms with van der Waals surface area (Å²) in [5.74, 6) is 0. The molecule has 0 rings (SSSR count). The third-order valence-electron chi connectivity index (χ3n) is 1.29. The molecule has 4 heteroatoms. The Morgan fingerprint density at radius 3 is 1.00 bits per heavy atom. The average Bonchev–Trinajstić information content (AvgIpc) is 1.59. The third kappa shape index (κ3) is 4.31. The van der Waals surface area contributed by atoms with Crippen LogP contribution in [0.3, 0.4) is 0 Å². The first-order valence-electron chi connectivity index (χ1n) is 3.28. The van der Waals surface area contributed by atoms with E-state index in [0.717, 1.165) is 0 Å². The molecule has 0 radical (unpaired) electrons. The molecule has 0 saturated carbocycles. The number of hydrogen-bond acceptors (Lipinski definition) is 4. The van der Waals surface area contributed by atoms with Gasteiger partial charge < -0.3 is 15.3 Å². The lowest BCUT2D eigenvalue weighted by Gasteiger charge is -2.30. The van der Waals surface area contributed by atoms with Crippen molar-refractivity contribution in [1.82, 2.24) is 4.90 Å². The zero-order valence-corrected chi connectivity index (χ0v) is 6.52. The number of aliphatic hydroxyl groups is 3. The summed E-state index contributed by atoms with van der Waals surface area (Å²) >= 11 is 0. The van der Waals surface area contributed by atoms with Crippen LogP contribution in [0.1, 0.15) is 28.2 Å². The van der Waals surface area contributed by atoms with Gasteiger partial charge in [-0.3, -0.25) is 0 Å². The van der Waals surface area contributed by atoms with Gasteiger partial charge in [0, 0.05) is 0 Å². The highest BCUT2D eigenvalue weighted by atomic mass is 16.4. The van der Waals surface area contributed by atoms with E-state index in [9.17, 15) is 0 Å². The van der Waals surface area contributed by atoms with Crippen LogP contribution >= 0.6 is 0 Å². The number of rotatable bonds is 3. The van der Waals surface area contributed by atoms with E-state index >= 15 is 0 Å². The molecule has 0 saturated heterocycles. The lowest BCUT2D eigenvalue weighted by atomic mass is 10.4. The molecule has 0 aliphatic carbocycles. The molecule has 0 aromatic carbocycles. The highest BCUT2D eigenvalue weighted by Gasteiger charge is 2.19. The fourth-order valence-corrected chi connectivity index (χ4v) is 0.937. The second-order valence-corrected chi connectivity index (χ2v) is 2.34. The summed E-state index contributed by atoms with van der Waals surface area (Å²) < 4.78 is 0. The van der Waals surface area contributed by atoms with E-state index in [2.05, 4.69) is 0 Å². The minimum absolute atomic E-state index is 0. The molecule has 0 spiro atoms. The third-order valence-corrected chi connectivity index (χ3v) is 1.29. The maximum absolute atomic E-state index is 8.96. The summed E-state index contributed by atoms with van der Waals surface area (Å²) in [6.07, 6.45) is -2.50. The molecule has 0 aromatic rings. The lowest BCUT2D eigenvalue weighted by molar-refractivity contribution is -0.159. The zero-order chi connectivity index (χ0) is 8.31. The highest BCUT2D eigenvalue weighted by molar-refractivity contribution is 4.58. The predicted octanol–water partition coefficient (Wildman–Crippen LogP) is -0.0606. The fourth-order valence-electron chi connectivity index (χ4n) is 0.937. The summed E-state index contributed by atoms with van der Waals surface area (Å²) in [6, 6.07) is 0. The Bertz CT molecular complexity index is 74.7. The molecule has 0 bridgehead atoms. The summed E-state index contributed by atoms with van der Waals surface area (Å²) in [7, 11) is 0. The van der Waals surface area contributed by atoms with Gasteiger partial charge >= 0.3 is 0 Å². The molecule has 70 valence electrons. The van der Waals surface area contributed by atoms with Crippen molar-refractivity contribution in [2.45, 2.75) is 46.9 Å². The van der Waals surface area contributed by atoms with Gasteiger partial charge in [-0.2, -0.15) is 0 Å². The molecular formula is C7H19NO3. The van der Waals surface area contributed by atoms with Crippen LogP contribution in [-0.2, 0) is 0 Å². The molecule has 0 aliphatic rings. The van der Waals surface area contributed by atoms with Crippen LogP contribution in [0.4, 0.5) is 0 Å². The van der Waals surface area contributed by atoms with Gasteiger partial charge in [0.2, 0.25) is 0 Å². The molecule has 3 N–H and O–H groups in total. The van der Waals surface area contributed by atoms with Crippen molar-refractivity contribution >= 4 is 0 Å². The van der Waals surface area contributed by atoms with E-state index in [1.165, 1.54) is 25.7 Å². The highest BCUT2D eigenvalue weighted by Crippen LogP contribution is 2.04. The van der Waals surface area contributed by atoms with Gasteiger partial charge in [0.1, 0.15) is 18.7 Å². The van der Waals surface area contributed by atoms with Gasteiger partial charge in [0.25, 0.3) is 0 Å². The van der Waals surface area contributed by atoms with Gasteiger partial charge in [-0.1, -0.05) is 7.43 Å². The summed E-state index contributed by atoms with van der Waals surface area (Å²) in [5.41, 5.74) is 0. The van der Waals surface area contributed by atoms with Gasteiger partial charge in [-0.25, -0.2) is 4.90 Å². The largest absolute Gasteiger partial charge is 0.379 e. The second-order valence-electron chi connectivity index (χ2n) is 2.34. The minimum atomic E-state index is -0.833. The van der Waals surface area contributed by atoms with E-state index in [1.807, 2.05) is 0 Å². The van der Waals surface area contributed by atoms with Crippen molar-refractivity contribution in [2.24, 2.45) is 0 Å². The zero-order valence-electron chi connectivity index (χ0n) is 6.52. The van der Waals surface area contributed by atoms with E-state index in [-0.39, 0.29) is 7.43 Å². The van der Waals surface area contributed by atoms with Crippen molar-refractivity contribution in [2.75, 3.05) is 0 Å². The molecule has 0 aliphatic heterocycles. The summed E-state index contributed by atoms with van der Waals surface area (Å²) in [5, 5.41) is 26.9. The van der Waals surface area contributed by atoms with Gasteiger partial charge in [-0.05, 0) is 20.8 Å². The van der Waals surface area contributed by atoms with Crippen LogP contribution in [-0.4, -0.2) is 38.9 Å².